The second-order valence-electron chi connectivity index (χ2n) is 4.48. The van der Waals surface area contributed by atoms with E-state index in [1.807, 2.05) is 0 Å². The molecule has 1 fully saturated rings. The zero-order chi connectivity index (χ0) is 11.4. The normalized spacial score (nSPS) is 26.1. The molecule has 2 heteroatoms. The van der Waals surface area contributed by atoms with E-state index in [2.05, 4.69) is 46.3 Å². The first-order chi connectivity index (χ1) is 7.79. The van der Waals surface area contributed by atoms with E-state index in [-0.39, 0.29) is 0 Å². The third-order valence-corrected chi connectivity index (χ3v) is 4.13. The summed E-state index contributed by atoms with van der Waals surface area (Å²) in [5.41, 5.74) is 3.15. The summed E-state index contributed by atoms with van der Waals surface area (Å²) in [6.07, 6.45) is 7.24. The number of hydrogen-bond donors (Lipinski definition) is 0. The minimum absolute atomic E-state index is 0.698. The van der Waals surface area contributed by atoms with Crippen molar-refractivity contribution in [3.8, 4) is 0 Å². The van der Waals surface area contributed by atoms with E-state index < -0.39 is 0 Å². The van der Waals surface area contributed by atoms with Crippen LogP contribution < -0.4 is 0 Å². The van der Waals surface area contributed by atoms with Gasteiger partial charge in [0.15, 0.2) is 0 Å². The standard InChI is InChI=1S/C14H16BrCl/c15-14-7-5-13(6-8-14)12-3-1-11(2-4-12)9-10-16/h5-12H,1-4H2. The van der Waals surface area contributed by atoms with Crippen LogP contribution in [0.15, 0.2) is 40.3 Å². The van der Waals surface area contributed by atoms with Gasteiger partial charge in [0.25, 0.3) is 0 Å². The molecule has 2 rings (SSSR count). The molecule has 1 aromatic rings. The minimum atomic E-state index is 0.698. The summed E-state index contributed by atoms with van der Waals surface area (Å²) in [5, 5.41) is 0. The molecule has 0 amide bonds. The number of hydrogen-bond acceptors (Lipinski definition) is 0. The smallest absolute Gasteiger partial charge is 0.0175 e. The molecule has 86 valence electrons. The van der Waals surface area contributed by atoms with Crippen molar-refractivity contribution in [3.05, 3.63) is 45.9 Å². The van der Waals surface area contributed by atoms with Gasteiger partial charge in [0, 0.05) is 10.0 Å². The van der Waals surface area contributed by atoms with E-state index >= 15 is 0 Å². The topological polar surface area (TPSA) is 0 Å². The van der Waals surface area contributed by atoms with E-state index in [0.29, 0.717) is 5.92 Å². The lowest BCUT2D eigenvalue weighted by molar-refractivity contribution is 0.376. The molecule has 0 nitrogen and oxygen atoms in total. The molecule has 0 radical (unpaired) electrons. The van der Waals surface area contributed by atoms with Crippen LogP contribution in [-0.2, 0) is 0 Å². The van der Waals surface area contributed by atoms with E-state index in [9.17, 15) is 0 Å². The molecule has 0 saturated heterocycles. The predicted molar refractivity (Wildman–Crippen MR) is 73.8 cm³/mol. The van der Waals surface area contributed by atoms with Crippen LogP contribution in [0, 0.1) is 5.92 Å². The van der Waals surface area contributed by atoms with Crippen molar-refractivity contribution in [1.29, 1.82) is 0 Å². The highest BCUT2D eigenvalue weighted by Gasteiger charge is 2.20. The minimum Gasteiger partial charge on any atom is -0.0933 e. The average molecular weight is 300 g/mol. The summed E-state index contributed by atoms with van der Waals surface area (Å²) in [7, 11) is 0. The molecular weight excluding hydrogens is 284 g/mol. The lowest BCUT2D eigenvalue weighted by Crippen LogP contribution is -2.11. The number of benzene rings is 1. The Kier molecular flexibility index (Phi) is 4.48. The van der Waals surface area contributed by atoms with Gasteiger partial charge in [-0.15, -0.1) is 0 Å². The third kappa shape index (κ3) is 3.11. The van der Waals surface area contributed by atoms with Crippen LogP contribution in [0.2, 0.25) is 0 Å². The molecule has 0 aliphatic heterocycles. The Labute approximate surface area is 111 Å². The Morgan fingerprint density at radius 1 is 1.06 bits per heavy atom. The Balaban J connectivity index is 1.96. The Morgan fingerprint density at radius 2 is 1.69 bits per heavy atom. The van der Waals surface area contributed by atoms with E-state index in [4.69, 9.17) is 11.6 Å². The van der Waals surface area contributed by atoms with Gasteiger partial charge < -0.3 is 0 Å². The van der Waals surface area contributed by atoms with Gasteiger partial charge in [-0.2, -0.15) is 0 Å². The first-order valence-electron chi connectivity index (χ1n) is 5.82. The third-order valence-electron chi connectivity index (χ3n) is 3.46. The van der Waals surface area contributed by atoms with Crippen LogP contribution >= 0.6 is 27.5 Å². The molecule has 0 spiro atoms. The summed E-state index contributed by atoms with van der Waals surface area (Å²) in [6.45, 7) is 0. The van der Waals surface area contributed by atoms with Gasteiger partial charge in [-0.25, -0.2) is 0 Å². The van der Waals surface area contributed by atoms with Crippen LogP contribution in [0.1, 0.15) is 37.2 Å². The first-order valence-corrected chi connectivity index (χ1v) is 7.05. The van der Waals surface area contributed by atoms with Crippen LogP contribution in [0.3, 0.4) is 0 Å². The first kappa shape index (κ1) is 12.2. The van der Waals surface area contributed by atoms with Crippen molar-refractivity contribution >= 4 is 27.5 Å². The summed E-state index contributed by atoms with van der Waals surface area (Å²) in [4.78, 5) is 0. The van der Waals surface area contributed by atoms with Crippen molar-refractivity contribution in [3.63, 3.8) is 0 Å². The molecule has 1 saturated carbocycles. The van der Waals surface area contributed by atoms with Gasteiger partial charge in [-0.3, -0.25) is 0 Å². The molecule has 0 atom stereocenters. The van der Waals surface area contributed by atoms with Gasteiger partial charge in [-0.05, 0) is 55.2 Å². The predicted octanol–water partition coefficient (Wildman–Crippen LogP) is 5.48. The van der Waals surface area contributed by atoms with E-state index in [1.54, 1.807) is 5.54 Å². The molecule has 1 aliphatic rings. The fraction of sp³-hybridized carbons (Fsp3) is 0.429. The van der Waals surface area contributed by atoms with Gasteiger partial charge in [0.1, 0.15) is 0 Å². The van der Waals surface area contributed by atoms with Gasteiger partial charge in [0.05, 0.1) is 0 Å². The van der Waals surface area contributed by atoms with Crippen LogP contribution in [-0.4, -0.2) is 0 Å². The Hall–Kier alpha value is -0.270. The van der Waals surface area contributed by atoms with E-state index in [1.165, 1.54) is 31.2 Å². The monoisotopic (exact) mass is 298 g/mol. The number of halogens is 2. The van der Waals surface area contributed by atoms with E-state index in [0.717, 1.165) is 10.4 Å². The fourth-order valence-corrected chi connectivity index (χ4v) is 2.95. The molecule has 0 unspecified atom stereocenters. The molecule has 1 aliphatic carbocycles. The maximum Gasteiger partial charge on any atom is 0.0175 e. The molecule has 0 aromatic heterocycles. The lowest BCUT2D eigenvalue weighted by atomic mass is 9.79. The molecule has 16 heavy (non-hydrogen) atoms. The maximum atomic E-state index is 5.62. The average Bonchev–Trinajstić information content (AvgIpc) is 2.32. The summed E-state index contributed by atoms with van der Waals surface area (Å²) in [6, 6.07) is 8.76. The summed E-state index contributed by atoms with van der Waals surface area (Å²) in [5.74, 6) is 1.44. The number of rotatable bonds is 2. The molecule has 0 bridgehead atoms. The van der Waals surface area contributed by atoms with Crippen molar-refractivity contribution < 1.29 is 0 Å². The van der Waals surface area contributed by atoms with Crippen molar-refractivity contribution in [1.82, 2.24) is 0 Å². The molecular formula is C14H16BrCl. The highest BCUT2D eigenvalue weighted by Crippen LogP contribution is 2.36. The van der Waals surface area contributed by atoms with Crippen molar-refractivity contribution in [2.45, 2.75) is 31.6 Å². The molecule has 0 N–H and O–H groups in total. The maximum absolute atomic E-state index is 5.62. The number of allylic oxidation sites excluding steroid dienone is 1. The van der Waals surface area contributed by atoms with Crippen LogP contribution in [0.4, 0.5) is 0 Å². The van der Waals surface area contributed by atoms with Crippen LogP contribution in [0.25, 0.3) is 0 Å². The lowest BCUT2D eigenvalue weighted by Gasteiger charge is -2.26. The van der Waals surface area contributed by atoms with Crippen molar-refractivity contribution in [2.24, 2.45) is 5.92 Å². The van der Waals surface area contributed by atoms with Crippen LogP contribution in [0.5, 0.6) is 0 Å². The largest absolute Gasteiger partial charge is 0.0933 e. The molecule has 1 aromatic carbocycles. The zero-order valence-corrected chi connectivity index (χ0v) is 11.5. The van der Waals surface area contributed by atoms with Gasteiger partial charge in [0.2, 0.25) is 0 Å². The molecule has 0 heterocycles. The summed E-state index contributed by atoms with van der Waals surface area (Å²) < 4.78 is 1.16. The fourth-order valence-electron chi connectivity index (χ4n) is 2.48. The van der Waals surface area contributed by atoms with Crippen molar-refractivity contribution in [2.75, 3.05) is 0 Å². The second-order valence-corrected chi connectivity index (χ2v) is 5.65. The summed E-state index contributed by atoms with van der Waals surface area (Å²) >= 11 is 9.10. The second kappa shape index (κ2) is 5.88. The highest BCUT2D eigenvalue weighted by molar-refractivity contribution is 9.10. The SMILES string of the molecule is ClC=CC1CCC(c2ccc(Br)cc2)CC1. The quantitative estimate of drug-likeness (QED) is 0.679. The highest BCUT2D eigenvalue weighted by atomic mass is 79.9. The van der Waals surface area contributed by atoms with Gasteiger partial charge >= 0.3 is 0 Å². The zero-order valence-electron chi connectivity index (χ0n) is 9.20. The van der Waals surface area contributed by atoms with Gasteiger partial charge in [-0.1, -0.05) is 45.7 Å². The Morgan fingerprint density at radius 3 is 2.25 bits per heavy atom. The Bertz CT molecular complexity index is 348.